The number of anilines is 1. The number of carbonyl (C=O) groups excluding carboxylic acids is 3. The zero-order chi connectivity index (χ0) is 24.0. The Bertz CT molecular complexity index is 1070. The number of halogens is 1. The molecule has 0 aliphatic carbocycles. The van der Waals surface area contributed by atoms with Crippen LogP contribution in [-0.2, 0) is 19.1 Å². The van der Waals surface area contributed by atoms with E-state index >= 15 is 0 Å². The van der Waals surface area contributed by atoms with Crippen LogP contribution in [0.3, 0.4) is 0 Å². The van der Waals surface area contributed by atoms with Crippen molar-refractivity contribution in [1.29, 1.82) is 0 Å². The molecule has 1 N–H and O–H groups in total. The Hall–Kier alpha value is -2.68. The van der Waals surface area contributed by atoms with Gasteiger partial charge in [0.15, 0.2) is 0 Å². The molecule has 1 unspecified atom stereocenters. The second kappa shape index (κ2) is 8.83. The van der Waals surface area contributed by atoms with Gasteiger partial charge in [-0.1, -0.05) is 48.0 Å². The average molecular weight is 486 g/mol. The molecule has 4 aliphatic heterocycles. The SMILES string of the molecule is CN1CC=C[C@@H]2O[C@]34C=CCN(c5ccccc5Cl)C(=O)C3N(CCCCO)C(=O)[C@@H]4[C@@H]2C1=O. The minimum Gasteiger partial charge on any atom is -0.396 e. The van der Waals surface area contributed by atoms with Crippen LogP contribution in [-0.4, -0.2) is 83.7 Å². The number of hydrogen-bond acceptors (Lipinski definition) is 5. The summed E-state index contributed by atoms with van der Waals surface area (Å²) >= 11 is 6.43. The van der Waals surface area contributed by atoms with Gasteiger partial charge in [0, 0.05) is 33.3 Å². The van der Waals surface area contributed by atoms with Gasteiger partial charge in [0.25, 0.3) is 5.91 Å². The zero-order valence-electron chi connectivity index (χ0n) is 19.0. The van der Waals surface area contributed by atoms with Crippen molar-refractivity contribution < 1.29 is 24.2 Å². The molecule has 0 radical (unpaired) electrons. The maximum atomic E-state index is 14.1. The van der Waals surface area contributed by atoms with E-state index in [9.17, 15) is 19.5 Å². The fourth-order valence-electron chi connectivity index (χ4n) is 5.78. The predicted molar refractivity (Wildman–Crippen MR) is 126 cm³/mol. The number of aliphatic hydroxyl groups excluding tert-OH is 1. The fourth-order valence-corrected chi connectivity index (χ4v) is 6.02. The monoisotopic (exact) mass is 485 g/mol. The van der Waals surface area contributed by atoms with E-state index in [-0.39, 0.29) is 30.9 Å². The van der Waals surface area contributed by atoms with Crippen molar-refractivity contribution in [2.75, 3.05) is 38.2 Å². The summed E-state index contributed by atoms with van der Waals surface area (Å²) in [4.78, 5) is 46.0. The molecule has 2 fully saturated rings. The van der Waals surface area contributed by atoms with Gasteiger partial charge in [0.1, 0.15) is 11.6 Å². The zero-order valence-corrected chi connectivity index (χ0v) is 19.7. The van der Waals surface area contributed by atoms with E-state index in [1.54, 1.807) is 39.9 Å². The minimum atomic E-state index is -1.25. The molecule has 0 saturated carbocycles. The Balaban J connectivity index is 1.61. The number of para-hydroxylation sites is 1. The summed E-state index contributed by atoms with van der Waals surface area (Å²) in [5, 5.41) is 9.71. The van der Waals surface area contributed by atoms with Gasteiger partial charge in [-0.2, -0.15) is 0 Å². The third-order valence-electron chi connectivity index (χ3n) is 7.31. The minimum absolute atomic E-state index is 0.00383. The van der Waals surface area contributed by atoms with Crippen LogP contribution < -0.4 is 4.90 Å². The Kier molecular flexibility index (Phi) is 6.00. The number of rotatable bonds is 5. The van der Waals surface area contributed by atoms with Crippen molar-refractivity contribution in [3.63, 3.8) is 0 Å². The van der Waals surface area contributed by atoms with Crippen molar-refractivity contribution in [3.8, 4) is 0 Å². The summed E-state index contributed by atoms with van der Waals surface area (Å²) in [5.41, 5.74) is -0.693. The Morgan fingerprint density at radius 2 is 1.88 bits per heavy atom. The summed E-state index contributed by atoms with van der Waals surface area (Å²) < 4.78 is 6.54. The maximum absolute atomic E-state index is 14.1. The van der Waals surface area contributed by atoms with Crippen molar-refractivity contribution in [2.24, 2.45) is 11.8 Å². The number of aliphatic hydroxyl groups is 1. The summed E-state index contributed by atoms with van der Waals surface area (Å²) in [5.74, 6) is -2.22. The number of carbonyl (C=O) groups is 3. The molecule has 0 aromatic heterocycles. The van der Waals surface area contributed by atoms with Crippen LogP contribution >= 0.6 is 11.6 Å². The molecule has 8 nitrogen and oxygen atoms in total. The fraction of sp³-hybridized carbons (Fsp3) is 0.480. The lowest BCUT2D eigenvalue weighted by molar-refractivity contribution is -0.143. The molecule has 5 rings (SSSR count). The Morgan fingerprint density at radius 3 is 2.65 bits per heavy atom. The molecule has 4 aliphatic rings. The molecule has 1 aromatic carbocycles. The number of hydrogen-bond donors (Lipinski definition) is 1. The highest BCUT2D eigenvalue weighted by Gasteiger charge is 2.71. The van der Waals surface area contributed by atoms with E-state index in [1.165, 1.54) is 0 Å². The molecule has 180 valence electrons. The molecule has 1 spiro atoms. The quantitative estimate of drug-likeness (QED) is 0.505. The number of benzene rings is 1. The van der Waals surface area contributed by atoms with Gasteiger partial charge >= 0.3 is 0 Å². The van der Waals surface area contributed by atoms with Crippen LogP contribution in [0.4, 0.5) is 5.69 Å². The van der Waals surface area contributed by atoms with Crippen molar-refractivity contribution in [3.05, 3.63) is 53.6 Å². The summed E-state index contributed by atoms with van der Waals surface area (Å²) in [6.07, 6.45) is 7.82. The lowest BCUT2D eigenvalue weighted by Crippen LogP contribution is -2.55. The van der Waals surface area contributed by atoms with E-state index in [0.717, 1.165) is 0 Å². The van der Waals surface area contributed by atoms with E-state index in [0.29, 0.717) is 36.6 Å². The second-order valence-electron chi connectivity index (χ2n) is 9.25. The number of amides is 3. The van der Waals surface area contributed by atoms with Gasteiger partial charge in [0.05, 0.1) is 28.6 Å². The lowest BCUT2D eigenvalue weighted by atomic mass is 9.77. The third kappa shape index (κ3) is 3.39. The van der Waals surface area contributed by atoms with E-state index in [1.807, 2.05) is 30.4 Å². The van der Waals surface area contributed by atoms with Crippen molar-refractivity contribution >= 4 is 35.0 Å². The summed E-state index contributed by atoms with van der Waals surface area (Å²) in [6, 6.07) is 6.17. The third-order valence-corrected chi connectivity index (χ3v) is 7.63. The molecule has 5 atom stereocenters. The number of unbranched alkanes of at least 4 members (excludes halogenated alkanes) is 1. The maximum Gasteiger partial charge on any atom is 0.253 e. The number of nitrogens with zero attached hydrogens (tertiary/aromatic N) is 3. The number of fused-ring (bicyclic) bond motifs is 2. The molecular weight excluding hydrogens is 458 g/mol. The van der Waals surface area contributed by atoms with Crippen LogP contribution in [0.2, 0.25) is 5.02 Å². The molecule has 3 amide bonds. The smallest absolute Gasteiger partial charge is 0.253 e. The molecule has 34 heavy (non-hydrogen) atoms. The van der Waals surface area contributed by atoms with Crippen LogP contribution in [0, 0.1) is 11.8 Å². The summed E-state index contributed by atoms with van der Waals surface area (Å²) in [7, 11) is 1.71. The standard InChI is InChI=1S/C25H28ClN3O5/c1-27-12-6-10-18-19(22(27)31)20-23(32)29(13-4-5-15-30)21-24(33)28(14-7-11-25(20,21)34-18)17-9-3-2-8-16(17)26/h2-3,6-11,18-21,30H,4-5,12-15H2,1H3/t18-,19+,20-,21?,25-/m0/s1. The van der Waals surface area contributed by atoms with Gasteiger partial charge < -0.3 is 24.5 Å². The predicted octanol–water partition coefficient (Wildman–Crippen LogP) is 1.62. The van der Waals surface area contributed by atoms with E-state index in [4.69, 9.17) is 16.3 Å². The highest BCUT2D eigenvalue weighted by molar-refractivity contribution is 6.34. The van der Waals surface area contributed by atoms with Gasteiger partial charge in [-0.3, -0.25) is 14.4 Å². The van der Waals surface area contributed by atoms with Gasteiger partial charge in [-0.15, -0.1) is 0 Å². The lowest BCUT2D eigenvalue weighted by Gasteiger charge is -2.35. The number of ether oxygens (including phenoxy) is 1. The topological polar surface area (TPSA) is 90.4 Å². The number of likely N-dealkylation sites (tertiary alicyclic amines) is 1. The molecule has 2 saturated heterocycles. The second-order valence-corrected chi connectivity index (χ2v) is 9.66. The van der Waals surface area contributed by atoms with E-state index < -0.39 is 29.6 Å². The summed E-state index contributed by atoms with van der Waals surface area (Å²) in [6.45, 7) is 1.01. The Labute approximate surface area is 203 Å². The van der Waals surface area contributed by atoms with Gasteiger partial charge in [-0.05, 0) is 25.0 Å². The van der Waals surface area contributed by atoms with Crippen molar-refractivity contribution in [1.82, 2.24) is 9.80 Å². The molecule has 1 aromatic rings. The highest BCUT2D eigenvalue weighted by Crippen LogP contribution is 2.53. The van der Waals surface area contributed by atoms with Crippen LogP contribution in [0.5, 0.6) is 0 Å². The van der Waals surface area contributed by atoms with Crippen LogP contribution in [0.15, 0.2) is 48.6 Å². The van der Waals surface area contributed by atoms with Gasteiger partial charge in [-0.25, -0.2) is 0 Å². The molecular formula is C25H28ClN3O5. The first kappa shape index (κ1) is 23.1. The highest BCUT2D eigenvalue weighted by atomic mass is 35.5. The largest absolute Gasteiger partial charge is 0.396 e. The average Bonchev–Trinajstić information content (AvgIpc) is 3.14. The van der Waals surface area contributed by atoms with Crippen LogP contribution in [0.25, 0.3) is 0 Å². The molecule has 4 heterocycles. The molecule has 9 heteroatoms. The van der Waals surface area contributed by atoms with Crippen LogP contribution in [0.1, 0.15) is 12.8 Å². The normalized spacial score (nSPS) is 32.6. The van der Waals surface area contributed by atoms with Gasteiger partial charge in [0.2, 0.25) is 11.8 Å². The van der Waals surface area contributed by atoms with Crippen molar-refractivity contribution in [2.45, 2.75) is 30.6 Å². The first-order chi connectivity index (χ1) is 16.4. The first-order valence-corrected chi connectivity index (χ1v) is 12.0. The first-order valence-electron chi connectivity index (χ1n) is 11.6. The van der Waals surface area contributed by atoms with E-state index in [2.05, 4.69) is 0 Å². The number of likely N-dealkylation sites (N-methyl/N-ethyl adjacent to an activating group) is 1. The molecule has 0 bridgehead atoms. The Morgan fingerprint density at radius 1 is 1.09 bits per heavy atom.